The third kappa shape index (κ3) is 3.32. The van der Waals surface area contributed by atoms with Crippen molar-refractivity contribution in [3.8, 4) is 29.2 Å². The summed E-state index contributed by atoms with van der Waals surface area (Å²) in [6.07, 6.45) is 5.17. The summed E-state index contributed by atoms with van der Waals surface area (Å²) in [5.74, 6) is 2.89. The van der Waals surface area contributed by atoms with Gasteiger partial charge in [-0.2, -0.15) is 0 Å². The molecular weight excluding hydrogens is 296 g/mol. The maximum atomic E-state index is 11.4. The molecule has 5 heteroatoms. The topological polar surface area (TPSA) is 43.4 Å². The average Bonchev–Trinajstić information content (AvgIpc) is 2.45. The largest absolute Gasteiger partial charge is 0.480 e. The predicted molar refractivity (Wildman–Crippen MR) is 79.2 cm³/mol. The summed E-state index contributed by atoms with van der Waals surface area (Å²) < 4.78 is 28.3. The minimum absolute atomic E-state index is 0.0195. The van der Waals surface area contributed by atoms with Crippen molar-refractivity contribution in [3.63, 3.8) is 0 Å². The van der Waals surface area contributed by atoms with Gasteiger partial charge in [-0.3, -0.25) is 0 Å². The Morgan fingerprint density at radius 1 is 1.15 bits per heavy atom. The van der Waals surface area contributed by atoms with Crippen LogP contribution in [-0.4, -0.2) is 15.0 Å². The van der Waals surface area contributed by atoms with E-state index in [1.54, 1.807) is 6.07 Å². The highest BCUT2D eigenvalue weighted by Crippen LogP contribution is 2.33. The number of hydrogen-bond acceptors (Lipinski definition) is 3. The van der Waals surface area contributed by atoms with Gasteiger partial charge in [-0.05, 0) is 23.8 Å². The molecule has 0 unspecified atom stereocenters. The SMILES string of the molecule is C#CCOc1ccc(S(=O)(=O)Cl)cc1-c1ccccc1. The van der Waals surface area contributed by atoms with Gasteiger partial charge in [0.15, 0.2) is 0 Å². The Balaban J connectivity index is 2.58. The number of halogens is 1. The van der Waals surface area contributed by atoms with Crippen LogP contribution in [0.5, 0.6) is 5.75 Å². The van der Waals surface area contributed by atoms with E-state index < -0.39 is 9.05 Å². The molecule has 20 heavy (non-hydrogen) atoms. The molecule has 0 aliphatic carbocycles. The third-order valence-electron chi connectivity index (χ3n) is 2.63. The molecule has 3 nitrogen and oxygen atoms in total. The van der Waals surface area contributed by atoms with Gasteiger partial charge in [0.05, 0.1) is 4.90 Å². The minimum Gasteiger partial charge on any atom is -0.480 e. The lowest BCUT2D eigenvalue weighted by molar-refractivity contribution is 0.371. The van der Waals surface area contributed by atoms with Crippen LogP contribution in [0.25, 0.3) is 11.1 Å². The van der Waals surface area contributed by atoms with Gasteiger partial charge in [0.2, 0.25) is 0 Å². The Bertz CT molecular complexity index is 746. The Hall–Kier alpha value is -1.96. The van der Waals surface area contributed by atoms with Crippen LogP contribution in [0.3, 0.4) is 0 Å². The molecule has 0 N–H and O–H groups in total. The average molecular weight is 307 g/mol. The van der Waals surface area contributed by atoms with Crippen LogP contribution in [0.2, 0.25) is 0 Å². The molecular formula is C15H11ClO3S. The zero-order valence-electron chi connectivity index (χ0n) is 10.4. The van der Waals surface area contributed by atoms with Crippen LogP contribution in [0.15, 0.2) is 53.4 Å². The Morgan fingerprint density at radius 3 is 2.45 bits per heavy atom. The lowest BCUT2D eigenvalue weighted by Crippen LogP contribution is -1.98. The summed E-state index contributed by atoms with van der Waals surface area (Å²) in [6.45, 7) is 0.104. The van der Waals surface area contributed by atoms with Crippen molar-refractivity contribution in [2.24, 2.45) is 0 Å². The highest BCUT2D eigenvalue weighted by atomic mass is 35.7. The summed E-state index contributed by atoms with van der Waals surface area (Å²) >= 11 is 0. The summed E-state index contributed by atoms with van der Waals surface area (Å²) in [6, 6.07) is 13.7. The van der Waals surface area contributed by atoms with Crippen LogP contribution in [0.4, 0.5) is 0 Å². The summed E-state index contributed by atoms with van der Waals surface area (Å²) in [4.78, 5) is 0.0195. The van der Waals surface area contributed by atoms with Gasteiger partial charge >= 0.3 is 0 Å². The van der Waals surface area contributed by atoms with Crippen molar-refractivity contribution in [2.75, 3.05) is 6.61 Å². The first-order valence-corrected chi connectivity index (χ1v) is 8.03. The molecule has 0 aliphatic rings. The lowest BCUT2D eigenvalue weighted by atomic mass is 10.0. The summed E-state index contributed by atoms with van der Waals surface area (Å²) in [5.41, 5.74) is 1.45. The Morgan fingerprint density at radius 2 is 1.85 bits per heavy atom. The molecule has 0 aromatic heterocycles. The minimum atomic E-state index is -3.79. The molecule has 102 valence electrons. The van der Waals surface area contributed by atoms with Gasteiger partial charge < -0.3 is 4.74 Å². The first-order chi connectivity index (χ1) is 9.52. The van der Waals surface area contributed by atoms with Crippen LogP contribution >= 0.6 is 10.7 Å². The van der Waals surface area contributed by atoms with Gasteiger partial charge in [0, 0.05) is 16.2 Å². The standard InChI is InChI=1S/C15H11ClO3S/c1-2-10-19-15-9-8-13(20(16,17)18)11-14(15)12-6-4-3-5-7-12/h1,3-9,11H,10H2. The molecule has 0 saturated carbocycles. The van der Waals surface area contributed by atoms with E-state index in [4.69, 9.17) is 21.8 Å². The van der Waals surface area contributed by atoms with E-state index in [0.717, 1.165) is 5.56 Å². The van der Waals surface area contributed by atoms with Crippen LogP contribution in [0.1, 0.15) is 0 Å². The molecule has 0 saturated heterocycles. The van der Waals surface area contributed by atoms with Crippen molar-refractivity contribution in [2.45, 2.75) is 4.90 Å². The van der Waals surface area contributed by atoms with E-state index in [2.05, 4.69) is 5.92 Å². The molecule has 0 aliphatic heterocycles. The van der Waals surface area contributed by atoms with E-state index in [1.165, 1.54) is 12.1 Å². The van der Waals surface area contributed by atoms with Crippen LogP contribution in [-0.2, 0) is 9.05 Å². The fourth-order valence-electron chi connectivity index (χ4n) is 1.75. The second-order valence-electron chi connectivity index (χ2n) is 3.95. The maximum absolute atomic E-state index is 11.4. The predicted octanol–water partition coefficient (Wildman–Crippen LogP) is 3.29. The molecule has 0 bridgehead atoms. The number of ether oxygens (including phenoxy) is 1. The van der Waals surface area contributed by atoms with Gasteiger partial charge in [0.25, 0.3) is 9.05 Å². The monoisotopic (exact) mass is 306 g/mol. The molecule has 2 rings (SSSR count). The molecule has 2 aromatic carbocycles. The molecule has 2 aromatic rings. The third-order valence-corrected chi connectivity index (χ3v) is 3.98. The zero-order valence-corrected chi connectivity index (χ0v) is 12.0. The second kappa shape index (κ2) is 6.00. The smallest absolute Gasteiger partial charge is 0.261 e. The van der Waals surface area contributed by atoms with E-state index in [1.807, 2.05) is 30.3 Å². The van der Waals surface area contributed by atoms with E-state index >= 15 is 0 Å². The van der Waals surface area contributed by atoms with Crippen molar-refractivity contribution in [3.05, 3.63) is 48.5 Å². The first-order valence-electron chi connectivity index (χ1n) is 5.73. The Kier molecular flexibility index (Phi) is 4.33. The van der Waals surface area contributed by atoms with Gasteiger partial charge in [0.1, 0.15) is 12.4 Å². The highest BCUT2D eigenvalue weighted by Gasteiger charge is 2.14. The molecule has 0 heterocycles. The molecule has 0 spiro atoms. The van der Waals surface area contributed by atoms with Gasteiger partial charge in [-0.25, -0.2) is 8.42 Å². The highest BCUT2D eigenvalue weighted by molar-refractivity contribution is 8.13. The number of rotatable bonds is 4. The number of benzene rings is 2. The van der Waals surface area contributed by atoms with E-state index in [9.17, 15) is 8.42 Å². The number of hydrogen-bond donors (Lipinski definition) is 0. The van der Waals surface area contributed by atoms with E-state index in [0.29, 0.717) is 11.3 Å². The molecule has 0 amide bonds. The van der Waals surface area contributed by atoms with Crippen LogP contribution in [0, 0.1) is 12.3 Å². The van der Waals surface area contributed by atoms with Crippen LogP contribution < -0.4 is 4.74 Å². The second-order valence-corrected chi connectivity index (χ2v) is 6.52. The summed E-state index contributed by atoms with van der Waals surface area (Å²) in [5, 5.41) is 0. The zero-order chi connectivity index (χ0) is 14.6. The normalized spacial score (nSPS) is 10.8. The van der Waals surface area contributed by atoms with Crippen molar-refractivity contribution in [1.29, 1.82) is 0 Å². The first kappa shape index (κ1) is 14.4. The fourth-order valence-corrected chi connectivity index (χ4v) is 2.53. The molecule has 0 atom stereocenters. The van der Waals surface area contributed by atoms with Gasteiger partial charge in [-0.1, -0.05) is 36.3 Å². The summed E-state index contributed by atoms with van der Waals surface area (Å²) in [7, 11) is 1.58. The Labute approximate surface area is 122 Å². The molecule has 0 fully saturated rings. The maximum Gasteiger partial charge on any atom is 0.261 e. The van der Waals surface area contributed by atoms with Gasteiger partial charge in [-0.15, -0.1) is 6.42 Å². The fraction of sp³-hybridized carbons (Fsp3) is 0.0667. The molecule has 0 radical (unpaired) electrons. The van der Waals surface area contributed by atoms with E-state index in [-0.39, 0.29) is 11.5 Å². The number of terminal acetylenes is 1. The lowest BCUT2D eigenvalue weighted by Gasteiger charge is -2.11. The van der Waals surface area contributed by atoms with Crippen molar-refractivity contribution < 1.29 is 13.2 Å². The van der Waals surface area contributed by atoms with Crippen molar-refractivity contribution in [1.82, 2.24) is 0 Å². The van der Waals surface area contributed by atoms with Crippen molar-refractivity contribution >= 4 is 19.7 Å². The quantitative estimate of drug-likeness (QED) is 0.643.